The highest BCUT2D eigenvalue weighted by molar-refractivity contribution is 5.50. The Balaban J connectivity index is 1.54. The van der Waals surface area contributed by atoms with Crippen LogP contribution in [0.2, 0.25) is 0 Å². The fourth-order valence-electron chi connectivity index (χ4n) is 3.56. The summed E-state index contributed by atoms with van der Waals surface area (Å²) in [5.41, 5.74) is 2.52. The molecule has 3 rings (SSSR count). The van der Waals surface area contributed by atoms with Gasteiger partial charge in [-0.1, -0.05) is 6.07 Å². The van der Waals surface area contributed by atoms with Crippen LogP contribution < -0.4 is 9.64 Å². The molecule has 2 atom stereocenters. The molecule has 0 saturated carbocycles. The molecule has 1 fully saturated rings. The largest absolute Gasteiger partial charge is 0.491 e. The molecule has 0 spiro atoms. The number of benzene rings is 1. The maximum Gasteiger partial charge on any atom is 0.119 e. The van der Waals surface area contributed by atoms with E-state index in [4.69, 9.17) is 14.9 Å². The summed E-state index contributed by atoms with van der Waals surface area (Å²) in [5.74, 6) is 0.757. The van der Waals surface area contributed by atoms with Gasteiger partial charge in [0.1, 0.15) is 12.4 Å². The first-order valence-corrected chi connectivity index (χ1v) is 9.67. The molecule has 0 radical (unpaired) electrons. The number of ether oxygens (including phenoxy) is 1. The van der Waals surface area contributed by atoms with Crippen molar-refractivity contribution >= 4 is 5.69 Å². The minimum absolute atomic E-state index is 0.00817. The van der Waals surface area contributed by atoms with Gasteiger partial charge >= 0.3 is 0 Å². The van der Waals surface area contributed by atoms with Gasteiger partial charge in [0.2, 0.25) is 0 Å². The van der Waals surface area contributed by atoms with Gasteiger partial charge in [-0.25, -0.2) is 0 Å². The topological polar surface area (TPSA) is 89.3 Å². The van der Waals surface area contributed by atoms with Crippen molar-refractivity contribution in [3.63, 3.8) is 0 Å². The SMILES string of the molecule is CC1CN(C[C@@H](O)c2ccc(CO)nc2)CCN1c1ccc(OCCO)cc1. The van der Waals surface area contributed by atoms with E-state index in [0.717, 1.165) is 36.6 Å². The zero-order valence-electron chi connectivity index (χ0n) is 16.2. The van der Waals surface area contributed by atoms with Crippen LogP contribution in [0.3, 0.4) is 0 Å². The minimum Gasteiger partial charge on any atom is -0.491 e. The Labute approximate surface area is 165 Å². The second kappa shape index (κ2) is 9.84. The number of aromatic nitrogens is 1. The lowest BCUT2D eigenvalue weighted by molar-refractivity contribution is 0.102. The number of hydrogen-bond acceptors (Lipinski definition) is 7. The molecule has 1 aromatic heterocycles. The van der Waals surface area contributed by atoms with Crippen LogP contribution in [-0.4, -0.2) is 70.6 Å². The van der Waals surface area contributed by atoms with Gasteiger partial charge in [0.05, 0.1) is 25.0 Å². The summed E-state index contributed by atoms with van der Waals surface area (Å²) in [6.45, 7) is 5.58. The van der Waals surface area contributed by atoms with Crippen LogP contribution in [0, 0.1) is 0 Å². The molecule has 28 heavy (non-hydrogen) atoms. The summed E-state index contributed by atoms with van der Waals surface area (Å²) in [4.78, 5) is 8.77. The molecule has 1 aliphatic heterocycles. The number of anilines is 1. The summed E-state index contributed by atoms with van der Waals surface area (Å²) < 4.78 is 5.42. The van der Waals surface area contributed by atoms with Gasteiger partial charge in [-0.3, -0.25) is 9.88 Å². The van der Waals surface area contributed by atoms with Gasteiger partial charge in [0, 0.05) is 49.7 Å². The van der Waals surface area contributed by atoms with E-state index in [1.165, 1.54) is 0 Å². The van der Waals surface area contributed by atoms with E-state index in [0.29, 0.717) is 24.9 Å². The average molecular weight is 387 g/mol. The summed E-state index contributed by atoms with van der Waals surface area (Å²) >= 11 is 0. The highest BCUT2D eigenvalue weighted by Gasteiger charge is 2.25. The molecule has 0 bridgehead atoms. The molecule has 2 heterocycles. The first kappa shape index (κ1) is 20.5. The zero-order chi connectivity index (χ0) is 19.9. The Bertz CT molecular complexity index is 723. The molecule has 1 aromatic carbocycles. The lowest BCUT2D eigenvalue weighted by Gasteiger charge is -2.42. The summed E-state index contributed by atoms with van der Waals surface area (Å²) in [5, 5.41) is 28.4. The number of aliphatic hydroxyl groups is 3. The first-order valence-electron chi connectivity index (χ1n) is 9.67. The highest BCUT2D eigenvalue weighted by atomic mass is 16.5. The number of hydrogen-bond donors (Lipinski definition) is 3. The molecule has 7 heteroatoms. The van der Waals surface area contributed by atoms with Crippen molar-refractivity contribution in [3.8, 4) is 5.75 Å². The van der Waals surface area contributed by atoms with E-state index in [2.05, 4.69) is 21.7 Å². The van der Waals surface area contributed by atoms with Crippen LogP contribution in [0.5, 0.6) is 5.75 Å². The summed E-state index contributed by atoms with van der Waals surface area (Å²) in [7, 11) is 0. The molecule has 2 aromatic rings. The average Bonchev–Trinajstić information content (AvgIpc) is 2.73. The van der Waals surface area contributed by atoms with Gasteiger partial charge in [-0.2, -0.15) is 0 Å². The van der Waals surface area contributed by atoms with Crippen LogP contribution >= 0.6 is 0 Å². The molecule has 1 unspecified atom stereocenters. The predicted molar refractivity (Wildman–Crippen MR) is 107 cm³/mol. The number of β-amino-alcohol motifs (C(OH)–C–C–N with tert-alkyl or cyclic N) is 1. The van der Waals surface area contributed by atoms with Crippen molar-refractivity contribution in [1.29, 1.82) is 0 Å². The van der Waals surface area contributed by atoms with Crippen LogP contribution in [0.15, 0.2) is 42.6 Å². The normalized spacial score (nSPS) is 18.9. The van der Waals surface area contributed by atoms with E-state index in [9.17, 15) is 5.11 Å². The molecule has 3 N–H and O–H groups in total. The minimum atomic E-state index is -0.595. The van der Waals surface area contributed by atoms with E-state index in [1.54, 1.807) is 12.3 Å². The second-order valence-electron chi connectivity index (χ2n) is 7.12. The van der Waals surface area contributed by atoms with Crippen molar-refractivity contribution in [2.45, 2.75) is 25.7 Å². The highest BCUT2D eigenvalue weighted by Crippen LogP contribution is 2.24. The Morgan fingerprint density at radius 1 is 1.14 bits per heavy atom. The summed E-state index contributed by atoms with van der Waals surface area (Å²) in [6, 6.07) is 11.8. The lowest BCUT2D eigenvalue weighted by atomic mass is 10.1. The van der Waals surface area contributed by atoms with Crippen molar-refractivity contribution in [3.05, 3.63) is 53.9 Å². The van der Waals surface area contributed by atoms with Crippen LogP contribution in [0.1, 0.15) is 24.3 Å². The predicted octanol–water partition coefficient (Wildman–Crippen LogP) is 1.19. The Morgan fingerprint density at radius 2 is 1.93 bits per heavy atom. The smallest absolute Gasteiger partial charge is 0.119 e. The molecular weight excluding hydrogens is 358 g/mol. The molecule has 1 saturated heterocycles. The number of nitrogens with zero attached hydrogens (tertiary/aromatic N) is 3. The fraction of sp³-hybridized carbons (Fsp3) is 0.476. The third-order valence-electron chi connectivity index (χ3n) is 5.07. The Hall–Kier alpha value is -2.19. The molecule has 7 nitrogen and oxygen atoms in total. The standard InChI is InChI=1S/C21H29N3O4/c1-16-13-23(14-21(27)17-2-3-18(15-26)22-12-17)8-9-24(16)19-4-6-20(7-5-19)28-11-10-25/h2-7,12,16,21,25-27H,8-11,13-15H2,1H3/t16?,21-/m1/s1. The van der Waals surface area contributed by atoms with E-state index < -0.39 is 6.10 Å². The van der Waals surface area contributed by atoms with Gasteiger partial charge in [0.25, 0.3) is 0 Å². The monoisotopic (exact) mass is 387 g/mol. The fourth-order valence-corrected chi connectivity index (χ4v) is 3.56. The maximum absolute atomic E-state index is 10.5. The van der Waals surface area contributed by atoms with E-state index in [-0.39, 0.29) is 13.2 Å². The number of piperazine rings is 1. The zero-order valence-corrected chi connectivity index (χ0v) is 16.2. The quantitative estimate of drug-likeness (QED) is 0.627. The molecule has 0 amide bonds. The van der Waals surface area contributed by atoms with Gasteiger partial charge in [0.15, 0.2) is 0 Å². The maximum atomic E-state index is 10.5. The third-order valence-corrected chi connectivity index (χ3v) is 5.07. The lowest BCUT2D eigenvalue weighted by Crippen LogP contribution is -2.52. The van der Waals surface area contributed by atoms with E-state index >= 15 is 0 Å². The van der Waals surface area contributed by atoms with Crippen molar-refractivity contribution < 1.29 is 20.1 Å². The molecule has 152 valence electrons. The molecular formula is C21H29N3O4. The van der Waals surface area contributed by atoms with Crippen molar-refractivity contribution in [2.24, 2.45) is 0 Å². The number of rotatable bonds is 8. The Morgan fingerprint density at radius 3 is 2.54 bits per heavy atom. The van der Waals surface area contributed by atoms with Gasteiger partial charge in [-0.05, 0) is 37.3 Å². The van der Waals surface area contributed by atoms with Gasteiger partial charge < -0.3 is 25.0 Å². The number of pyridine rings is 1. The van der Waals surface area contributed by atoms with Crippen LogP contribution in [0.4, 0.5) is 5.69 Å². The van der Waals surface area contributed by atoms with Crippen LogP contribution in [-0.2, 0) is 6.61 Å². The van der Waals surface area contributed by atoms with E-state index in [1.807, 2.05) is 30.3 Å². The summed E-state index contributed by atoms with van der Waals surface area (Å²) in [6.07, 6.45) is 1.04. The third kappa shape index (κ3) is 5.20. The Kier molecular flexibility index (Phi) is 7.22. The molecule has 1 aliphatic rings. The van der Waals surface area contributed by atoms with Crippen LogP contribution in [0.25, 0.3) is 0 Å². The van der Waals surface area contributed by atoms with Gasteiger partial charge in [-0.15, -0.1) is 0 Å². The van der Waals surface area contributed by atoms with Crippen molar-refractivity contribution in [1.82, 2.24) is 9.88 Å². The first-order chi connectivity index (χ1) is 13.6. The number of aliphatic hydroxyl groups excluding tert-OH is 3. The molecule has 0 aliphatic carbocycles. The van der Waals surface area contributed by atoms with Crippen molar-refractivity contribution in [2.75, 3.05) is 44.3 Å². The second-order valence-corrected chi connectivity index (χ2v) is 7.12.